The summed E-state index contributed by atoms with van der Waals surface area (Å²) in [6.07, 6.45) is 0. The van der Waals surface area contributed by atoms with Gasteiger partial charge in [0.1, 0.15) is 0 Å². The summed E-state index contributed by atoms with van der Waals surface area (Å²) in [5, 5.41) is 2.72. The average molecular weight is 260 g/mol. The van der Waals surface area contributed by atoms with Crippen LogP contribution in [0.15, 0.2) is 60.7 Å². The van der Waals surface area contributed by atoms with Gasteiger partial charge in [0.05, 0.1) is 0 Å². The first-order valence-electron chi connectivity index (χ1n) is 7.25. The van der Waals surface area contributed by atoms with Crippen molar-refractivity contribution in [2.75, 3.05) is 0 Å². The van der Waals surface area contributed by atoms with Gasteiger partial charge in [0.2, 0.25) is 0 Å². The Balaban J connectivity index is 2.28. The SMILES string of the molecule is Cc1ccc(-c2ccccc2)c2ccc(C(C)C)cc12. The smallest absolute Gasteiger partial charge is 0.0103 e. The molecule has 3 rings (SSSR count). The minimum absolute atomic E-state index is 0.569. The zero-order valence-corrected chi connectivity index (χ0v) is 12.4. The molecule has 0 aliphatic carbocycles. The Kier molecular flexibility index (Phi) is 3.31. The van der Waals surface area contributed by atoms with Crippen molar-refractivity contribution < 1.29 is 0 Å². The molecule has 3 aromatic rings. The van der Waals surface area contributed by atoms with Crippen molar-refractivity contribution in [3.8, 4) is 11.1 Å². The van der Waals surface area contributed by atoms with Crippen LogP contribution in [0.5, 0.6) is 0 Å². The van der Waals surface area contributed by atoms with E-state index in [1.807, 2.05) is 0 Å². The summed E-state index contributed by atoms with van der Waals surface area (Å²) >= 11 is 0. The zero-order chi connectivity index (χ0) is 14.1. The lowest BCUT2D eigenvalue weighted by molar-refractivity contribution is 0.868. The van der Waals surface area contributed by atoms with Gasteiger partial charge in [0.25, 0.3) is 0 Å². The third kappa shape index (κ3) is 2.22. The van der Waals surface area contributed by atoms with Crippen molar-refractivity contribution in [2.24, 2.45) is 0 Å². The molecule has 0 spiro atoms. The molecule has 0 saturated carbocycles. The van der Waals surface area contributed by atoms with Crippen molar-refractivity contribution in [3.63, 3.8) is 0 Å². The highest BCUT2D eigenvalue weighted by Gasteiger charge is 2.07. The Morgan fingerprint density at radius 2 is 1.50 bits per heavy atom. The molecule has 0 saturated heterocycles. The first-order chi connectivity index (χ1) is 9.66. The zero-order valence-electron chi connectivity index (χ0n) is 12.4. The summed E-state index contributed by atoms with van der Waals surface area (Å²) in [5.74, 6) is 0.569. The molecule has 0 heterocycles. The molecule has 0 nitrogen and oxygen atoms in total. The lowest BCUT2D eigenvalue weighted by Crippen LogP contribution is -1.90. The molecule has 20 heavy (non-hydrogen) atoms. The van der Waals surface area contributed by atoms with Crippen LogP contribution >= 0.6 is 0 Å². The maximum Gasteiger partial charge on any atom is -0.0103 e. The second kappa shape index (κ2) is 5.13. The Bertz CT molecular complexity index is 737. The molecule has 0 aliphatic rings. The van der Waals surface area contributed by atoms with Crippen LogP contribution < -0.4 is 0 Å². The van der Waals surface area contributed by atoms with Crippen LogP contribution in [0.2, 0.25) is 0 Å². The molecular weight excluding hydrogens is 240 g/mol. The van der Waals surface area contributed by atoms with Gasteiger partial charge in [-0.3, -0.25) is 0 Å². The third-order valence-corrected chi connectivity index (χ3v) is 4.01. The van der Waals surface area contributed by atoms with Crippen LogP contribution in [0.3, 0.4) is 0 Å². The van der Waals surface area contributed by atoms with Gasteiger partial charge in [-0.1, -0.05) is 74.5 Å². The summed E-state index contributed by atoms with van der Waals surface area (Å²) < 4.78 is 0. The number of benzene rings is 3. The Morgan fingerprint density at radius 1 is 0.750 bits per heavy atom. The number of hydrogen-bond acceptors (Lipinski definition) is 0. The molecular formula is C20H20. The van der Waals surface area contributed by atoms with E-state index in [0.717, 1.165) is 0 Å². The average Bonchev–Trinajstić information content (AvgIpc) is 2.48. The molecule has 0 heteroatoms. The van der Waals surface area contributed by atoms with Crippen molar-refractivity contribution in [1.82, 2.24) is 0 Å². The summed E-state index contributed by atoms with van der Waals surface area (Å²) in [4.78, 5) is 0. The predicted molar refractivity (Wildman–Crippen MR) is 88.2 cm³/mol. The highest BCUT2D eigenvalue weighted by molar-refractivity contribution is 5.98. The lowest BCUT2D eigenvalue weighted by Gasteiger charge is -2.12. The second-order valence-corrected chi connectivity index (χ2v) is 5.76. The highest BCUT2D eigenvalue weighted by Crippen LogP contribution is 2.32. The van der Waals surface area contributed by atoms with Crippen LogP contribution in [0, 0.1) is 6.92 Å². The monoisotopic (exact) mass is 260 g/mol. The van der Waals surface area contributed by atoms with Crippen LogP contribution in [-0.2, 0) is 0 Å². The summed E-state index contributed by atoms with van der Waals surface area (Å²) in [6, 6.07) is 22.0. The molecule has 0 N–H and O–H groups in total. The molecule has 0 aliphatic heterocycles. The number of rotatable bonds is 2. The van der Waals surface area contributed by atoms with Gasteiger partial charge in [-0.25, -0.2) is 0 Å². The second-order valence-electron chi connectivity index (χ2n) is 5.76. The van der Waals surface area contributed by atoms with Gasteiger partial charge in [0.15, 0.2) is 0 Å². The first-order valence-corrected chi connectivity index (χ1v) is 7.25. The molecule has 0 unspecified atom stereocenters. The molecule has 0 amide bonds. The van der Waals surface area contributed by atoms with Crippen molar-refractivity contribution in [3.05, 3.63) is 71.8 Å². The summed E-state index contributed by atoms with van der Waals surface area (Å²) in [7, 11) is 0. The summed E-state index contributed by atoms with van der Waals surface area (Å²) in [5.41, 5.74) is 5.37. The van der Waals surface area contributed by atoms with Crippen LogP contribution in [0.1, 0.15) is 30.9 Å². The van der Waals surface area contributed by atoms with E-state index in [-0.39, 0.29) is 0 Å². The maximum absolute atomic E-state index is 2.35. The molecule has 0 atom stereocenters. The van der Waals surface area contributed by atoms with Gasteiger partial charge in [-0.05, 0) is 45.9 Å². The highest BCUT2D eigenvalue weighted by atomic mass is 14.1. The molecule has 3 aromatic carbocycles. The van der Waals surface area contributed by atoms with Gasteiger partial charge in [0, 0.05) is 0 Å². The minimum Gasteiger partial charge on any atom is -0.0622 e. The van der Waals surface area contributed by atoms with Crippen molar-refractivity contribution in [2.45, 2.75) is 26.7 Å². The fraction of sp³-hybridized carbons (Fsp3) is 0.200. The van der Waals surface area contributed by atoms with E-state index in [2.05, 4.69) is 81.4 Å². The fourth-order valence-electron chi connectivity index (χ4n) is 2.74. The van der Waals surface area contributed by atoms with E-state index in [1.54, 1.807) is 0 Å². The summed E-state index contributed by atoms with van der Waals surface area (Å²) in [6.45, 7) is 6.69. The topological polar surface area (TPSA) is 0 Å². The first kappa shape index (κ1) is 12.9. The van der Waals surface area contributed by atoms with Gasteiger partial charge in [-0.15, -0.1) is 0 Å². The van der Waals surface area contributed by atoms with Gasteiger partial charge in [-0.2, -0.15) is 0 Å². The fourth-order valence-corrected chi connectivity index (χ4v) is 2.74. The molecule has 0 aromatic heterocycles. The lowest BCUT2D eigenvalue weighted by atomic mass is 9.92. The Labute approximate surface area is 121 Å². The minimum atomic E-state index is 0.569. The van der Waals surface area contributed by atoms with Crippen molar-refractivity contribution in [1.29, 1.82) is 0 Å². The van der Waals surface area contributed by atoms with Gasteiger partial charge >= 0.3 is 0 Å². The van der Waals surface area contributed by atoms with E-state index < -0.39 is 0 Å². The largest absolute Gasteiger partial charge is 0.0622 e. The van der Waals surface area contributed by atoms with E-state index in [0.29, 0.717) is 5.92 Å². The van der Waals surface area contributed by atoms with Crippen molar-refractivity contribution >= 4 is 10.8 Å². The van der Waals surface area contributed by atoms with E-state index in [1.165, 1.54) is 33.0 Å². The maximum atomic E-state index is 2.35. The predicted octanol–water partition coefficient (Wildman–Crippen LogP) is 5.94. The number of fused-ring (bicyclic) bond motifs is 1. The van der Waals surface area contributed by atoms with Gasteiger partial charge < -0.3 is 0 Å². The molecule has 100 valence electrons. The molecule has 0 radical (unpaired) electrons. The number of aryl methyl sites for hydroxylation is 1. The van der Waals surface area contributed by atoms with Crippen LogP contribution in [0.4, 0.5) is 0 Å². The van der Waals surface area contributed by atoms with Crippen LogP contribution in [0.25, 0.3) is 21.9 Å². The van der Waals surface area contributed by atoms with Crippen LogP contribution in [-0.4, -0.2) is 0 Å². The van der Waals surface area contributed by atoms with E-state index in [9.17, 15) is 0 Å². The number of hydrogen-bond donors (Lipinski definition) is 0. The van der Waals surface area contributed by atoms with E-state index >= 15 is 0 Å². The molecule has 0 fully saturated rings. The normalized spacial score (nSPS) is 11.2. The Morgan fingerprint density at radius 3 is 2.20 bits per heavy atom. The quantitative estimate of drug-likeness (QED) is 0.535. The standard InChI is InChI=1S/C20H20/c1-14(2)17-10-12-19-18(16-7-5-4-6-8-16)11-9-15(3)20(19)13-17/h4-14H,1-3H3. The Hall–Kier alpha value is -2.08. The third-order valence-electron chi connectivity index (χ3n) is 4.01. The van der Waals surface area contributed by atoms with E-state index in [4.69, 9.17) is 0 Å². The molecule has 0 bridgehead atoms.